The van der Waals surface area contributed by atoms with Crippen molar-refractivity contribution in [1.29, 1.82) is 0 Å². The highest BCUT2D eigenvalue weighted by Crippen LogP contribution is 2.25. The van der Waals surface area contributed by atoms with Gasteiger partial charge in [0.1, 0.15) is 5.54 Å². The Bertz CT molecular complexity index is 486. The molecule has 1 heterocycles. The normalized spacial score (nSPS) is 22.8. The standard InChI is InChI=1S/C17H25N3O/c1-3-17(10-11-18-12-13-20(17)4-2)16(21)19-14-15-8-6-5-7-9-15/h5-9,11H,3-4,10,12-14H2,1-2H3,(H,19,21)/t17-/m1/s1. The maximum absolute atomic E-state index is 12.8. The van der Waals surface area contributed by atoms with Gasteiger partial charge in [-0.1, -0.05) is 44.2 Å². The fourth-order valence-corrected chi connectivity index (χ4v) is 3.00. The largest absolute Gasteiger partial charge is 0.350 e. The zero-order valence-electron chi connectivity index (χ0n) is 13.0. The number of nitrogens with one attached hydrogen (secondary N) is 1. The number of hydrogen-bond donors (Lipinski definition) is 1. The summed E-state index contributed by atoms with van der Waals surface area (Å²) in [5.41, 5.74) is 0.672. The Kier molecular flexibility index (Phi) is 5.51. The van der Waals surface area contributed by atoms with Crippen molar-refractivity contribution in [2.24, 2.45) is 4.99 Å². The molecule has 114 valence electrons. The fourth-order valence-electron chi connectivity index (χ4n) is 3.00. The van der Waals surface area contributed by atoms with E-state index in [-0.39, 0.29) is 5.91 Å². The summed E-state index contributed by atoms with van der Waals surface area (Å²) in [7, 11) is 0. The summed E-state index contributed by atoms with van der Waals surface area (Å²) in [6.45, 7) is 7.28. The van der Waals surface area contributed by atoms with E-state index in [0.717, 1.165) is 31.6 Å². The lowest BCUT2D eigenvalue weighted by Gasteiger charge is -2.40. The second-order valence-corrected chi connectivity index (χ2v) is 5.43. The average Bonchev–Trinajstić information content (AvgIpc) is 2.76. The molecule has 21 heavy (non-hydrogen) atoms. The summed E-state index contributed by atoms with van der Waals surface area (Å²) in [5, 5.41) is 3.11. The molecule has 0 radical (unpaired) electrons. The SMILES string of the molecule is CCN1CCN=CC[C@]1(CC)C(=O)NCc1ccccc1. The molecule has 1 amide bonds. The van der Waals surface area contributed by atoms with Crippen molar-refractivity contribution in [2.45, 2.75) is 38.8 Å². The van der Waals surface area contributed by atoms with E-state index in [2.05, 4.69) is 29.1 Å². The van der Waals surface area contributed by atoms with Crippen LogP contribution in [0.3, 0.4) is 0 Å². The maximum atomic E-state index is 12.8. The molecule has 4 nitrogen and oxygen atoms in total. The molecule has 2 rings (SSSR count). The van der Waals surface area contributed by atoms with E-state index in [1.807, 2.05) is 36.5 Å². The monoisotopic (exact) mass is 287 g/mol. The first-order valence-corrected chi connectivity index (χ1v) is 7.78. The lowest BCUT2D eigenvalue weighted by atomic mass is 9.89. The summed E-state index contributed by atoms with van der Waals surface area (Å²) in [6.07, 6.45) is 3.41. The third-order valence-corrected chi connectivity index (χ3v) is 4.35. The Hall–Kier alpha value is -1.68. The smallest absolute Gasteiger partial charge is 0.241 e. The first-order chi connectivity index (χ1) is 10.2. The summed E-state index contributed by atoms with van der Waals surface area (Å²) >= 11 is 0. The van der Waals surface area contributed by atoms with E-state index in [1.54, 1.807) is 0 Å². The van der Waals surface area contributed by atoms with Crippen LogP contribution in [0.4, 0.5) is 0 Å². The quantitative estimate of drug-likeness (QED) is 0.902. The number of benzene rings is 1. The molecular formula is C17H25N3O. The summed E-state index contributed by atoms with van der Waals surface area (Å²) < 4.78 is 0. The summed E-state index contributed by atoms with van der Waals surface area (Å²) in [5.74, 6) is 0.115. The van der Waals surface area contributed by atoms with Gasteiger partial charge in [0.2, 0.25) is 5.91 Å². The maximum Gasteiger partial charge on any atom is 0.241 e. The molecule has 0 bridgehead atoms. The van der Waals surface area contributed by atoms with Gasteiger partial charge in [-0.15, -0.1) is 0 Å². The van der Waals surface area contributed by atoms with E-state index in [0.29, 0.717) is 13.0 Å². The van der Waals surface area contributed by atoms with Crippen LogP contribution in [0.15, 0.2) is 35.3 Å². The van der Waals surface area contributed by atoms with Crippen LogP contribution in [0.25, 0.3) is 0 Å². The molecule has 0 saturated carbocycles. The van der Waals surface area contributed by atoms with Gasteiger partial charge in [0.25, 0.3) is 0 Å². The molecule has 0 saturated heterocycles. The van der Waals surface area contributed by atoms with Crippen LogP contribution in [0.5, 0.6) is 0 Å². The van der Waals surface area contributed by atoms with Crippen LogP contribution in [0.1, 0.15) is 32.3 Å². The average molecular weight is 287 g/mol. The van der Waals surface area contributed by atoms with Crippen molar-refractivity contribution >= 4 is 12.1 Å². The number of hydrogen-bond acceptors (Lipinski definition) is 3. The Morgan fingerprint density at radius 1 is 1.33 bits per heavy atom. The highest BCUT2D eigenvalue weighted by Gasteiger charge is 2.41. The van der Waals surface area contributed by atoms with Crippen molar-refractivity contribution in [1.82, 2.24) is 10.2 Å². The van der Waals surface area contributed by atoms with E-state index < -0.39 is 5.54 Å². The first kappa shape index (κ1) is 15.7. The zero-order chi connectivity index (χ0) is 15.1. The highest BCUT2D eigenvalue weighted by molar-refractivity contribution is 5.89. The van der Waals surface area contributed by atoms with Crippen LogP contribution >= 0.6 is 0 Å². The lowest BCUT2D eigenvalue weighted by Crippen LogP contribution is -2.58. The zero-order valence-corrected chi connectivity index (χ0v) is 13.0. The predicted octanol–water partition coefficient (Wildman–Crippen LogP) is 2.25. The third kappa shape index (κ3) is 3.50. The van der Waals surface area contributed by atoms with Gasteiger partial charge < -0.3 is 5.32 Å². The minimum absolute atomic E-state index is 0.115. The minimum Gasteiger partial charge on any atom is -0.350 e. The van der Waals surface area contributed by atoms with Gasteiger partial charge in [0.05, 0.1) is 6.54 Å². The van der Waals surface area contributed by atoms with Gasteiger partial charge in [-0.05, 0) is 18.5 Å². The molecule has 4 heteroatoms. The molecule has 1 aromatic rings. The van der Waals surface area contributed by atoms with E-state index in [1.165, 1.54) is 0 Å². The molecule has 1 aromatic carbocycles. The second-order valence-electron chi connectivity index (χ2n) is 5.43. The second kappa shape index (κ2) is 7.36. The van der Waals surface area contributed by atoms with Crippen molar-refractivity contribution < 1.29 is 4.79 Å². The van der Waals surface area contributed by atoms with E-state index in [9.17, 15) is 4.79 Å². The van der Waals surface area contributed by atoms with E-state index in [4.69, 9.17) is 0 Å². The number of carbonyl (C=O) groups excluding carboxylic acids is 1. The lowest BCUT2D eigenvalue weighted by molar-refractivity contribution is -0.133. The molecule has 0 unspecified atom stereocenters. The number of likely N-dealkylation sites (N-methyl/N-ethyl adjacent to an activating group) is 1. The fraction of sp³-hybridized carbons (Fsp3) is 0.529. The highest BCUT2D eigenvalue weighted by atomic mass is 16.2. The third-order valence-electron chi connectivity index (χ3n) is 4.35. The first-order valence-electron chi connectivity index (χ1n) is 7.78. The molecule has 0 aliphatic carbocycles. The van der Waals surface area contributed by atoms with Gasteiger partial charge in [0.15, 0.2) is 0 Å². The number of nitrogens with zero attached hydrogens (tertiary/aromatic N) is 2. The Morgan fingerprint density at radius 2 is 2.10 bits per heavy atom. The van der Waals surface area contributed by atoms with Gasteiger partial charge in [-0.2, -0.15) is 0 Å². The molecule has 1 atom stereocenters. The van der Waals surface area contributed by atoms with Crippen LogP contribution < -0.4 is 5.32 Å². The van der Waals surface area contributed by atoms with Crippen molar-refractivity contribution in [2.75, 3.05) is 19.6 Å². The van der Waals surface area contributed by atoms with Crippen LogP contribution in [0.2, 0.25) is 0 Å². The molecule has 0 spiro atoms. The van der Waals surface area contributed by atoms with Gasteiger partial charge in [-0.3, -0.25) is 14.7 Å². The number of amides is 1. The number of rotatable bonds is 5. The molecule has 1 aliphatic heterocycles. The van der Waals surface area contributed by atoms with Gasteiger partial charge in [0, 0.05) is 25.7 Å². The van der Waals surface area contributed by atoms with E-state index >= 15 is 0 Å². The summed E-state index contributed by atoms with van der Waals surface area (Å²) in [6, 6.07) is 10.0. The van der Waals surface area contributed by atoms with Crippen molar-refractivity contribution in [3.63, 3.8) is 0 Å². The van der Waals surface area contributed by atoms with Gasteiger partial charge >= 0.3 is 0 Å². The summed E-state index contributed by atoms with van der Waals surface area (Å²) in [4.78, 5) is 19.5. The number of aliphatic imine (C=N–C) groups is 1. The minimum atomic E-state index is -0.455. The topological polar surface area (TPSA) is 44.7 Å². The Labute approximate surface area is 127 Å². The molecule has 1 aliphatic rings. The Balaban J connectivity index is 2.10. The molecule has 0 fully saturated rings. The van der Waals surface area contributed by atoms with Crippen molar-refractivity contribution in [3.8, 4) is 0 Å². The van der Waals surface area contributed by atoms with Gasteiger partial charge in [-0.25, -0.2) is 0 Å². The van der Waals surface area contributed by atoms with Crippen LogP contribution in [0, 0.1) is 0 Å². The predicted molar refractivity (Wildman–Crippen MR) is 86.5 cm³/mol. The van der Waals surface area contributed by atoms with Crippen molar-refractivity contribution in [3.05, 3.63) is 35.9 Å². The molecule has 0 aromatic heterocycles. The molecular weight excluding hydrogens is 262 g/mol. The van der Waals surface area contributed by atoms with Crippen LogP contribution in [-0.4, -0.2) is 42.2 Å². The number of carbonyl (C=O) groups is 1. The Morgan fingerprint density at radius 3 is 2.76 bits per heavy atom. The molecule has 1 N–H and O–H groups in total. The van der Waals surface area contributed by atoms with Crippen LogP contribution in [-0.2, 0) is 11.3 Å².